The van der Waals surface area contributed by atoms with Crippen molar-refractivity contribution in [3.05, 3.63) is 70.9 Å². The van der Waals surface area contributed by atoms with Crippen molar-refractivity contribution in [2.24, 2.45) is 0 Å². The van der Waals surface area contributed by atoms with E-state index in [-0.39, 0.29) is 17.2 Å². The molecular formula is C21H20ClN3O2. The minimum atomic E-state index is -0.179. The van der Waals surface area contributed by atoms with Gasteiger partial charge < -0.3 is 10.0 Å². The lowest BCUT2D eigenvalue weighted by molar-refractivity contribution is 0.0626. The van der Waals surface area contributed by atoms with Gasteiger partial charge in [0, 0.05) is 49.3 Å². The van der Waals surface area contributed by atoms with Crippen molar-refractivity contribution >= 4 is 28.4 Å². The molecule has 27 heavy (non-hydrogen) atoms. The Morgan fingerprint density at radius 3 is 2.67 bits per heavy atom. The third kappa shape index (κ3) is 3.75. The molecule has 1 saturated heterocycles. The van der Waals surface area contributed by atoms with E-state index in [1.807, 2.05) is 12.3 Å². The zero-order valence-electron chi connectivity index (χ0n) is 14.8. The third-order valence-electron chi connectivity index (χ3n) is 4.96. The number of carbonyl (C=O) groups excluding carboxylic acids is 1. The maximum Gasteiger partial charge on any atom is 0.257 e. The van der Waals surface area contributed by atoms with Gasteiger partial charge in [-0.05, 0) is 29.8 Å². The second kappa shape index (κ2) is 7.55. The van der Waals surface area contributed by atoms with E-state index >= 15 is 0 Å². The molecule has 0 spiro atoms. The number of phenols is 1. The second-order valence-electron chi connectivity index (χ2n) is 6.72. The van der Waals surface area contributed by atoms with Crippen molar-refractivity contribution < 1.29 is 9.90 Å². The number of amides is 1. The molecule has 1 N–H and O–H groups in total. The number of piperazine rings is 1. The van der Waals surface area contributed by atoms with Crippen LogP contribution in [-0.2, 0) is 6.54 Å². The molecule has 2 aromatic carbocycles. The summed E-state index contributed by atoms with van der Waals surface area (Å²) in [6, 6.07) is 14.8. The van der Waals surface area contributed by atoms with Crippen LogP contribution in [0.4, 0.5) is 0 Å². The number of hydrogen-bond acceptors (Lipinski definition) is 4. The highest BCUT2D eigenvalue weighted by atomic mass is 35.5. The van der Waals surface area contributed by atoms with E-state index in [0.29, 0.717) is 18.1 Å². The van der Waals surface area contributed by atoms with Gasteiger partial charge in [0.2, 0.25) is 0 Å². The number of rotatable bonds is 3. The maximum absolute atomic E-state index is 12.7. The number of benzene rings is 2. The second-order valence-corrected chi connectivity index (χ2v) is 7.16. The van der Waals surface area contributed by atoms with Crippen LogP contribution in [-0.4, -0.2) is 52.0 Å². The number of aromatic hydroxyl groups is 1. The fraction of sp³-hybridized carbons (Fsp3) is 0.238. The monoisotopic (exact) mass is 381 g/mol. The van der Waals surface area contributed by atoms with Crippen LogP contribution in [0.1, 0.15) is 15.9 Å². The first kappa shape index (κ1) is 17.8. The summed E-state index contributed by atoms with van der Waals surface area (Å²) >= 11 is 5.96. The molecule has 0 aliphatic carbocycles. The summed E-state index contributed by atoms with van der Waals surface area (Å²) in [6.07, 6.45) is 1.82. The lowest BCUT2D eigenvalue weighted by atomic mass is 10.1. The fourth-order valence-electron chi connectivity index (χ4n) is 3.49. The van der Waals surface area contributed by atoms with Crippen molar-refractivity contribution in [1.82, 2.24) is 14.8 Å². The molecule has 1 amide bonds. The summed E-state index contributed by atoms with van der Waals surface area (Å²) < 4.78 is 0. The molecule has 3 aromatic rings. The number of hydrogen-bond donors (Lipinski definition) is 1. The van der Waals surface area contributed by atoms with E-state index in [1.54, 1.807) is 11.0 Å². The number of carbonyl (C=O) groups is 1. The topological polar surface area (TPSA) is 56.7 Å². The van der Waals surface area contributed by atoms with E-state index in [4.69, 9.17) is 11.6 Å². The Kier molecular flexibility index (Phi) is 4.97. The van der Waals surface area contributed by atoms with E-state index in [9.17, 15) is 9.90 Å². The van der Waals surface area contributed by atoms with Crippen molar-refractivity contribution in [1.29, 1.82) is 0 Å². The van der Waals surface area contributed by atoms with Crippen molar-refractivity contribution in [2.75, 3.05) is 26.2 Å². The molecular weight excluding hydrogens is 362 g/mol. The molecule has 1 aromatic heterocycles. The van der Waals surface area contributed by atoms with Gasteiger partial charge in [0.25, 0.3) is 5.91 Å². The minimum absolute atomic E-state index is 0.0336. The molecule has 1 fully saturated rings. The zero-order chi connectivity index (χ0) is 18.8. The Balaban J connectivity index is 1.43. The molecule has 4 rings (SSSR count). The lowest BCUT2D eigenvalue weighted by Gasteiger charge is -2.35. The minimum Gasteiger partial charge on any atom is -0.507 e. The van der Waals surface area contributed by atoms with Crippen LogP contribution < -0.4 is 0 Å². The predicted molar refractivity (Wildman–Crippen MR) is 106 cm³/mol. The van der Waals surface area contributed by atoms with Gasteiger partial charge in [-0.25, -0.2) is 0 Å². The standard InChI is InChI=1S/C21H20ClN3O2/c22-17-6-7-19(26)18(13-17)21(27)25-11-9-24(10-12-25)14-16-4-1-3-15-5-2-8-23-20(15)16/h1-8,13,26H,9-12,14H2. The first-order valence-corrected chi connectivity index (χ1v) is 9.32. The Bertz CT molecular complexity index is 979. The number of phenolic OH excluding ortho intramolecular Hbond substituents is 1. The summed E-state index contributed by atoms with van der Waals surface area (Å²) in [7, 11) is 0. The van der Waals surface area contributed by atoms with Gasteiger partial charge in [0.05, 0.1) is 11.1 Å². The summed E-state index contributed by atoms with van der Waals surface area (Å²) in [5.74, 6) is -0.213. The Morgan fingerprint density at radius 1 is 1.07 bits per heavy atom. The van der Waals surface area contributed by atoms with Crippen LogP contribution in [0.3, 0.4) is 0 Å². The van der Waals surface area contributed by atoms with Gasteiger partial charge in [-0.3, -0.25) is 14.7 Å². The summed E-state index contributed by atoms with van der Waals surface area (Å²) in [5.41, 5.74) is 2.48. The van der Waals surface area contributed by atoms with Crippen molar-refractivity contribution in [3.63, 3.8) is 0 Å². The molecule has 1 aliphatic rings. The fourth-order valence-corrected chi connectivity index (χ4v) is 3.67. The van der Waals surface area contributed by atoms with Crippen molar-refractivity contribution in [3.8, 4) is 5.75 Å². The Morgan fingerprint density at radius 2 is 1.85 bits per heavy atom. The van der Waals surface area contributed by atoms with Gasteiger partial charge in [-0.1, -0.05) is 35.9 Å². The number of halogens is 1. The lowest BCUT2D eigenvalue weighted by Crippen LogP contribution is -2.48. The molecule has 1 aliphatic heterocycles. The van der Waals surface area contributed by atoms with E-state index in [1.165, 1.54) is 17.7 Å². The summed E-state index contributed by atoms with van der Waals surface area (Å²) in [6.45, 7) is 3.58. The smallest absolute Gasteiger partial charge is 0.257 e. The van der Waals surface area contributed by atoms with E-state index in [2.05, 4.69) is 34.1 Å². The van der Waals surface area contributed by atoms with Crippen LogP contribution in [0.2, 0.25) is 5.02 Å². The third-order valence-corrected chi connectivity index (χ3v) is 5.19. The van der Waals surface area contributed by atoms with E-state index < -0.39 is 0 Å². The van der Waals surface area contributed by atoms with Crippen LogP contribution in [0.5, 0.6) is 5.75 Å². The Labute approximate surface area is 162 Å². The van der Waals surface area contributed by atoms with Gasteiger partial charge in [-0.2, -0.15) is 0 Å². The number of pyridine rings is 1. The highest BCUT2D eigenvalue weighted by molar-refractivity contribution is 6.31. The highest BCUT2D eigenvalue weighted by Crippen LogP contribution is 2.24. The molecule has 5 nitrogen and oxygen atoms in total. The van der Waals surface area contributed by atoms with Crippen LogP contribution in [0.15, 0.2) is 54.7 Å². The van der Waals surface area contributed by atoms with Gasteiger partial charge >= 0.3 is 0 Å². The van der Waals surface area contributed by atoms with Gasteiger partial charge in [0.15, 0.2) is 0 Å². The molecule has 0 radical (unpaired) electrons. The summed E-state index contributed by atoms with van der Waals surface area (Å²) in [4.78, 5) is 21.3. The van der Waals surface area contributed by atoms with Crippen LogP contribution >= 0.6 is 11.6 Å². The predicted octanol–water partition coefficient (Wildman–Crippen LogP) is 3.55. The number of aromatic nitrogens is 1. The molecule has 0 bridgehead atoms. The first-order chi connectivity index (χ1) is 13.1. The first-order valence-electron chi connectivity index (χ1n) is 8.94. The number of fused-ring (bicyclic) bond motifs is 1. The molecule has 0 unspecified atom stereocenters. The zero-order valence-corrected chi connectivity index (χ0v) is 15.6. The summed E-state index contributed by atoms with van der Waals surface area (Å²) in [5, 5.41) is 11.5. The quantitative estimate of drug-likeness (QED) is 0.753. The molecule has 6 heteroatoms. The van der Waals surface area contributed by atoms with Gasteiger partial charge in [0.1, 0.15) is 5.75 Å². The Hall–Kier alpha value is -2.63. The molecule has 0 saturated carbocycles. The average molecular weight is 382 g/mol. The van der Waals surface area contributed by atoms with Crippen LogP contribution in [0.25, 0.3) is 10.9 Å². The largest absolute Gasteiger partial charge is 0.507 e. The normalized spacial score (nSPS) is 15.2. The molecule has 0 atom stereocenters. The molecule has 2 heterocycles. The van der Waals surface area contributed by atoms with Crippen LogP contribution in [0, 0.1) is 0 Å². The van der Waals surface area contributed by atoms with Gasteiger partial charge in [-0.15, -0.1) is 0 Å². The SMILES string of the molecule is O=C(c1cc(Cl)ccc1O)N1CCN(Cc2cccc3cccnc23)CC1. The highest BCUT2D eigenvalue weighted by Gasteiger charge is 2.24. The number of nitrogens with zero attached hydrogens (tertiary/aromatic N) is 3. The maximum atomic E-state index is 12.7. The average Bonchev–Trinajstić information content (AvgIpc) is 2.70. The number of para-hydroxylation sites is 1. The molecule has 138 valence electrons. The van der Waals surface area contributed by atoms with E-state index in [0.717, 1.165) is 30.5 Å². The van der Waals surface area contributed by atoms with Crippen molar-refractivity contribution in [2.45, 2.75) is 6.54 Å².